The van der Waals surface area contributed by atoms with E-state index in [0.717, 1.165) is 6.08 Å². The summed E-state index contributed by atoms with van der Waals surface area (Å²) in [7, 11) is 0. The van der Waals surface area contributed by atoms with Crippen molar-refractivity contribution in [3.8, 4) is 12.1 Å². The fourth-order valence-corrected chi connectivity index (χ4v) is 0.296. The van der Waals surface area contributed by atoms with E-state index in [-0.39, 0.29) is 11.3 Å². The van der Waals surface area contributed by atoms with E-state index in [1.807, 2.05) is 0 Å². The van der Waals surface area contributed by atoms with Crippen molar-refractivity contribution in [1.29, 1.82) is 10.5 Å². The molecule has 2 N–H and O–H groups in total. The number of nitriles is 2. The summed E-state index contributed by atoms with van der Waals surface area (Å²) in [4.78, 5) is 0. The van der Waals surface area contributed by atoms with Crippen molar-refractivity contribution in [2.45, 2.75) is 0 Å². The van der Waals surface area contributed by atoms with Gasteiger partial charge >= 0.3 is 0 Å². The van der Waals surface area contributed by atoms with Crippen LogP contribution >= 0.6 is 0 Å². The number of nitrogens with two attached hydrogens (primary N) is 1. The molecule has 0 bridgehead atoms. The topological polar surface area (TPSA) is 95.9 Å². The summed E-state index contributed by atoms with van der Waals surface area (Å²) in [6.07, 6.45) is 0.946. The summed E-state index contributed by atoms with van der Waals surface area (Å²) >= 11 is 0. The Bertz CT molecular complexity index is 264. The zero-order valence-electron chi connectivity index (χ0n) is 5.00. The fraction of sp³-hybridized carbons (Fsp3) is 0. The largest absolute Gasteiger partial charge is 0.763 e. The summed E-state index contributed by atoms with van der Waals surface area (Å²) in [5.74, 6) is 1.61. The van der Waals surface area contributed by atoms with Crippen LogP contribution in [0.15, 0.2) is 17.3 Å². The normalized spacial score (nSPS) is 6.20. The molecule has 0 radical (unpaired) electrons. The molecule has 0 unspecified atom stereocenters. The fourth-order valence-electron chi connectivity index (χ4n) is 0.296. The van der Waals surface area contributed by atoms with Crippen LogP contribution in [0.3, 0.4) is 0 Å². The van der Waals surface area contributed by atoms with Gasteiger partial charge in [-0.05, 0) is 6.08 Å². The minimum Gasteiger partial charge on any atom is -0.763 e. The Kier molecular flexibility index (Phi) is 3.12. The summed E-state index contributed by atoms with van der Waals surface area (Å²) < 4.78 is 0. The minimum absolute atomic E-state index is 0.0903. The van der Waals surface area contributed by atoms with Gasteiger partial charge < -0.3 is 11.1 Å². The molecule has 0 rings (SSSR count). The first-order chi connectivity index (χ1) is 4.76. The predicted octanol–water partition coefficient (Wildman–Crippen LogP) is 0.0417. The van der Waals surface area contributed by atoms with Crippen LogP contribution in [0.5, 0.6) is 0 Å². The third-order valence-corrected chi connectivity index (χ3v) is 0.732. The van der Waals surface area contributed by atoms with E-state index in [2.05, 4.69) is 0 Å². The highest BCUT2D eigenvalue weighted by atomic mass is 14.6. The molecule has 0 heterocycles. The molecule has 0 aromatic heterocycles. The van der Waals surface area contributed by atoms with Crippen molar-refractivity contribution < 1.29 is 0 Å². The Balaban J connectivity index is 4.87. The van der Waals surface area contributed by atoms with Crippen LogP contribution in [0.4, 0.5) is 0 Å². The van der Waals surface area contributed by atoms with Crippen LogP contribution in [0.2, 0.25) is 0 Å². The van der Waals surface area contributed by atoms with Gasteiger partial charge in [0.15, 0.2) is 5.57 Å². The number of hydrogen-bond acceptors (Lipinski definition) is 3. The molecule has 0 spiro atoms. The molecule has 0 aromatic rings. The Morgan fingerprint density at radius 2 is 1.90 bits per heavy atom. The maximum absolute atomic E-state index is 8.18. The SMILES string of the molecule is N#CC(C#N)=C(N)C=C=[N-]. The second-order valence-corrected chi connectivity index (χ2v) is 1.33. The van der Waals surface area contributed by atoms with Crippen LogP contribution in [0, 0.1) is 22.7 Å². The molecule has 0 fully saturated rings. The first-order valence-electron chi connectivity index (χ1n) is 2.29. The van der Waals surface area contributed by atoms with Gasteiger partial charge in [-0.15, -0.1) is 0 Å². The average molecular weight is 131 g/mol. The minimum atomic E-state index is -0.235. The molecular formula is C6H3N4-. The van der Waals surface area contributed by atoms with E-state index in [0.29, 0.717) is 0 Å². The van der Waals surface area contributed by atoms with Crippen LogP contribution in [0.25, 0.3) is 5.41 Å². The lowest BCUT2D eigenvalue weighted by molar-refractivity contribution is 1.36. The maximum atomic E-state index is 8.18. The summed E-state index contributed by atoms with van der Waals surface area (Å²) in [5, 5.41) is 24.4. The number of nitrogens with zero attached hydrogens (tertiary/aromatic N) is 3. The number of rotatable bonds is 1. The number of hydrogen-bond donors (Lipinski definition) is 1. The second-order valence-electron chi connectivity index (χ2n) is 1.33. The van der Waals surface area contributed by atoms with Gasteiger partial charge in [-0.1, -0.05) is 0 Å². The maximum Gasteiger partial charge on any atom is 0.153 e. The second kappa shape index (κ2) is 3.91. The Labute approximate surface area is 58.0 Å². The molecule has 0 saturated heterocycles. The van der Waals surface area contributed by atoms with Crippen LogP contribution in [-0.4, -0.2) is 5.87 Å². The third kappa shape index (κ3) is 1.83. The molecule has 0 atom stereocenters. The van der Waals surface area contributed by atoms with E-state index < -0.39 is 0 Å². The van der Waals surface area contributed by atoms with Gasteiger partial charge in [-0.25, -0.2) is 0 Å². The molecule has 0 aromatic carbocycles. The Morgan fingerprint density at radius 3 is 2.20 bits per heavy atom. The highest BCUT2D eigenvalue weighted by molar-refractivity contribution is 5.62. The monoisotopic (exact) mass is 131 g/mol. The van der Waals surface area contributed by atoms with Gasteiger partial charge in [0, 0.05) is 0 Å². The molecule has 10 heavy (non-hydrogen) atoms. The van der Waals surface area contributed by atoms with Gasteiger partial charge in [0.2, 0.25) is 0 Å². The molecule has 48 valence electrons. The van der Waals surface area contributed by atoms with E-state index in [9.17, 15) is 0 Å². The lowest BCUT2D eigenvalue weighted by Gasteiger charge is -1.87. The van der Waals surface area contributed by atoms with E-state index in [1.165, 1.54) is 0 Å². The van der Waals surface area contributed by atoms with Crippen molar-refractivity contribution in [3.63, 3.8) is 0 Å². The first kappa shape index (κ1) is 7.97. The Morgan fingerprint density at radius 1 is 1.40 bits per heavy atom. The summed E-state index contributed by atoms with van der Waals surface area (Å²) in [5.41, 5.74) is 4.78. The standard InChI is InChI=1S/C6H3N4/c7-2-1-6(10)5(3-8)4-9/h1H,10H2/q-1. The quantitative estimate of drug-likeness (QED) is 0.309. The number of allylic oxidation sites excluding steroid dienone is 2. The van der Waals surface area contributed by atoms with Crippen molar-refractivity contribution in [1.82, 2.24) is 0 Å². The van der Waals surface area contributed by atoms with Crippen LogP contribution in [0.1, 0.15) is 0 Å². The molecule has 4 heteroatoms. The van der Waals surface area contributed by atoms with Crippen molar-refractivity contribution in [2.75, 3.05) is 0 Å². The van der Waals surface area contributed by atoms with Gasteiger partial charge in [-0.2, -0.15) is 10.5 Å². The van der Waals surface area contributed by atoms with Gasteiger partial charge in [-0.3, -0.25) is 5.87 Å². The molecule has 4 nitrogen and oxygen atoms in total. The average Bonchev–Trinajstić information content (AvgIpc) is 1.91. The Hall–Kier alpha value is -2.03. The highest BCUT2D eigenvalue weighted by Crippen LogP contribution is 1.94. The van der Waals surface area contributed by atoms with Gasteiger partial charge in [0.1, 0.15) is 12.1 Å². The van der Waals surface area contributed by atoms with E-state index in [4.69, 9.17) is 21.7 Å². The molecular weight excluding hydrogens is 128 g/mol. The molecule has 0 aliphatic heterocycles. The molecule has 0 aliphatic rings. The lowest BCUT2D eigenvalue weighted by Crippen LogP contribution is -1.96. The molecule has 0 saturated carbocycles. The van der Waals surface area contributed by atoms with Crippen LogP contribution in [-0.2, 0) is 0 Å². The zero-order chi connectivity index (χ0) is 7.98. The first-order valence-corrected chi connectivity index (χ1v) is 2.29. The van der Waals surface area contributed by atoms with Crippen molar-refractivity contribution >= 4 is 5.87 Å². The lowest BCUT2D eigenvalue weighted by atomic mass is 10.2. The zero-order valence-corrected chi connectivity index (χ0v) is 5.00. The summed E-state index contributed by atoms with van der Waals surface area (Å²) in [6, 6.07) is 3.09. The van der Waals surface area contributed by atoms with E-state index >= 15 is 0 Å². The van der Waals surface area contributed by atoms with Crippen molar-refractivity contribution in [2.24, 2.45) is 5.73 Å². The third-order valence-electron chi connectivity index (χ3n) is 0.732. The molecule has 0 aliphatic carbocycles. The summed E-state index contributed by atoms with van der Waals surface area (Å²) in [6.45, 7) is 0. The predicted molar refractivity (Wildman–Crippen MR) is 35.4 cm³/mol. The highest BCUT2D eigenvalue weighted by Gasteiger charge is 1.94. The smallest absolute Gasteiger partial charge is 0.153 e. The van der Waals surface area contributed by atoms with Crippen LogP contribution < -0.4 is 5.73 Å². The molecule has 0 amide bonds. The van der Waals surface area contributed by atoms with Gasteiger partial charge in [0.25, 0.3) is 0 Å². The van der Waals surface area contributed by atoms with Gasteiger partial charge in [0.05, 0.1) is 5.70 Å². The van der Waals surface area contributed by atoms with Crippen molar-refractivity contribution in [3.05, 3.63) is 22.8 Å². The van der Waals surface area contributed by atoms with E-state index in [1.54, 1.807) is 18.0 Å².